The van der Waals surface area contributed by atoms with E-state index < -0.39 is 24.2 Å². The van der Waals surface area contributed by atoms with E-state index in [1.807, 2.05) is 0 Å². The number of alkyl halides is 6. The highest BCUT2D eigenvalue weighted by molar-refractivity contribution is 9.10. The first-order chi connectivity index (χ1) is 8.93. The Morgan fingerprint density at radius 2 is 1.65 bits per heavy atom. The van der Waals surface area contributed by atoms with Crippen LogP contribution in [0.2, 0.25) is 5.02 Å². The quantitative estimate of drug-likeness (QED) is 0.731. The van der Waals surface area contributed by atoms with E-state index in [0.29, 0.717) is 0 Å². The van der Waals surface area contributed by atoms with Gasteiger partial charge in [0.1, 0.15) is 0 Å². The Morgan fingerprint density at radius 3 is 2.05 bits per heavy atom. The largest absolute Gasteiger partial charge is 0.409 e. The van der Waals surface area contributed by atoms with Crippen LogP contribution in [0.3, 0.4) is 0 Å². The molecule has 1 rings (SSSR count). The summed E-state index contributed by atoms with van der Waals surface area (Å²) in [5.41, 5.74) is -0.246. The molecule has 0 saturated heterocycles. The predicted molar refractivity (Wildman–Crippen MR) is 63.4 cm³/mol. The molecule has 0 saturated carbocycles. The van der Waals surface area contributed by atoms with Gasteiger partial charge in [-0.2, -0.15) is 26.3 Å². The van der Waals surface area contributed by atoms with Gasteiger partial charge in [-0.25, -0.2) is 0 Å². The third-order valence-corrected chi connectivity index (χ3v) is 3.32. The molecule has 0 atom stereocenters. The first-order valence-electron chi connectivity index (χ1n) is 4.82. The van der Waals surface area contributed by atoms with Gasteiger partial charge in [-0.1, -0.05) is 11.6 Å². The predicted octanol–water partition coefficient (Wildman–Crippen LogP) is 4.78. The zero-order valence-corrected chi connectivity index (χ0v) is 11.6. The van der Waals surface area contributed by atoms with Crippen molar-refractivity contribution in [3.8, 4) is 0 Å². The van der Waals surface area contributed by atoms with Crippen molar-refractivity contribution in [2.45, 2.75) is 12.4 Å². The summed E-state index contributed by atoms with van der Waals surface area (Å²) in [7, 11) is 0. The molecule has 0 aliphatic rings. The fourth-order valence-electron chi connectivity index (χ4n) is 1.27. The van der Waals surface area contributed by atoms with Gasteiger partial charge in [0.15, 0.2) is 0 Å². The van der Waals surface area contributed by atoms with Gasteiger partial charge in [0, 0.05) is 10.2 Å². The van der Waals surface area contributed by atoms with Crippen molar-refractivity contribution in [2.75, 3.05) is 5.32 Å². The zero-order valence-electron chi connectivity index (χ0n) is 9.24. The average Bonchev–Trinajstić information content (AvgIpc) is 2.18. The number of hydrogen-bond acceptors (Lipinski definition) is 1. The molecule has 0 spiro atoms. The summed E-state index contributed by atoms with van der Waals surface area (Å²) in [6.07, 6.45) is -11.5. The molecule has 0 unspecified atom stereocenters. The van der Waals surface area contributed by atoms with Gasteiger partial charge in [-0.05, 0) is 34.1 Å². The van der Waals surface area contributed by atoms with Crippen molar-refractivity contribution in [3.63, 3.8) is 0 Å². The number of rotatable bonds is 2. The van der Waals surface area contributed by atoms with Gasteiger partial charge in [0.2, 0.25) is 11.8 Å². The van der Waals surface area contributed by atoms with Gasteiger partial charge < -0.3 is 5.32 Å². The summed E-state index contributed by atoms with van der Waals surface area (Å²) < 4.78 is 74.0. The maximum atomic E-state index is 12.3. The number of anilines is 1. The molecular weight excluding hydrogens is 379 g/mol. The summed E-state index contributed by atoms with van der Waals surface area (Å²) in [6.45, 7) is 0. The Balaban J connectivity index is 3.00. The lowest BCUT2D eigenvalue weighted by atomic mass is 10.1. The number of halogens is 8. The highest BCUT2D eigenvalue weighted by atomic mass is 79.9. The summed E-state index contributed by atoms with van der Waals surface area (Å²) in [4.78, 5) is 11.2. The third kappa shape index (κ3) is 4.27. The van der Waals surface area contributed by atoms with Crippen LogP contribution in [0.25, 0.3) is 0 Å². The Bertz CT molecular complexity index is 501. The molecule has 0 radical (unpaired) electrons. The molecule has 0 aliphatic carbocycles. The van der Waals surface area contributed by atoms with E-state index in [9.17, 15) is 31.1 Å². The molecule has 0 heterocycles. The molecule has 20 heavy (non-hydrogen) atoms. The van der Waals surface area contributed by atoms with Gasteiger partial charge in [-0.15, -0.1) is 0 Å². The Hall–Kier alpha value is -0.960. The van der Waals surface area contributed by atoms with E-state index in [-0.39, 0.29) is 15.2 Å². The summed E-state index contributed by atoms with van der Waals surface area (Å²) in [5.74, 6) is -6.30. The molecule has 10 heteroatoms. The number of carbonyl (C=O) groups excluding carboxylic acids is 1. The molecular formula is C10H5BrClF6NO. The van der Waals surface area contributed by atoms with Crippen molar-refractivity contribution >= 4 is 39.1 Å². The SMILES string of the molecule is O=C(Nc1ccc(Cl)c(Br)c1)C(C(F)(F)F)C(F)(F)F. The number of nitrogens with one attached hydrogen (secondary N) is 1. The van der Waals surface area contributed by atoms with Crippen molar-refractivity contribution < 1.29 is 31.1 Å². The second kappa shape index (κ2) is 5.80. The van der Waals surface area contributed by atoms with E-state index in [1.54, 1.807) is 5.32 Å². The molecule has 0 aromatic heterocycles. The van der Waals surface area contributed by atoms with Gasteiger partial charge >= 0.3 is 12.4 Å². The molecule has 1 aromatic rings. The van der Waals surface area contributed by atoms with Crippen LogP contribution in [0, 0.1) is 5.92 Å². The van der Waals surface area contributed by atoms with E-state index in [2.05, 4.69) is 15.9 Å². The van der Waals surface area contributed by atoms with Gasteiger partial charge in [0.25, 0.3) is 0 Å². The highest BCUT2D eigenvalue weighted by Crippen LogP contribution is 2.40. The van der Waals surface area contributed by atoms with Crippen LogP contribution in [0.4, 0.5) is 32.0 Å². The Labute approximate surface area is 122 Å². The van der Waals surface area contributed by atoms with Crippen LogP contribution >= 0.6 is 27.5 Å². The molecule has 1 amide bonds. The summed E-state index contributed by atoms with van der Waals surface area (Å²) in [5, 5.41) is 1.74. The van der Waals surface area contributed by atoms with Gasteiger partial charge in [0.05, 0.1) is 5.02 Å². The molecule has 0 aliphatic heterocycles. The number of benzene rings is 1. The fourth-order valence-corrected chi connectivity index (χ4v) is 1.77. The number of hydrogen-bond donors (Lipinski definition) is 1. The van der Waals surface area contributed by atoms with Crippen molar-refractivity contribution in [1.29, 1.82) is 0 Å². The van der Waals surface area contributed by atoms with E-state index in [0.717, 1.165) is 12.1 Å². The Kier molecular flexibility index (Phi) is 4.96. The molecule has 0 fully saturated rings. The fraction of sp³-hybridized carbons (Fsp3) is 0.300. The van der Waals surface area contributed by atoms with Crippen LogP contribution in [0.15, 0.2) is 22.7 Å². The van der Waals surface area contributed by atoms with Crippen LogP contribution in [0.1, 0.15) is 0 Å². The standard InChI is InChI=1S/C10H5BrClF6NO/c11-5-3-4(1-2-6(5)12)19-8(20)7(9(13,14)15)10(16,17)18/h1-3,7H,(H,19,20). The van der Waals surface area contributed by atoms with E-state index in [4.69, 9.17) is 11.6 Å². The molecule has 0 bridgehead atoms. The zero-order chi connectivity index (χ0) is 15.7. The van der Waals surface area contributed by atoms with Gasteiger partial charge in [-0.3, -0.25) is 4.79 Å². The maximum Gasteiger partial charge on any atom is 0.409 e. The van der Waals surface area contributed by atoms with E-state index in [1.165, 1.54) is 6.07 Å². The first-order valence-corrected chi connectivity index (χ1v) is 5.99. The average molecular weight is 385 g/mol. The third-order valence-electron chi connectivity index (χ3n) is 2.10. The van der Waals surface area contributed by atoms with Crippen LogP contribution in [-0.2, 0) is 4.79 Å². The molecule has 2 nitrogen and oxygen atoms in total. The molecule has 1 aromatic carbocycles. The van der Waals surface area contributed by atoms with Crippen LogP contribution in [0.5, 0.6) is 0 Å². The smallest absolute Gasteiger partial charge is 0.325 e. The maximum absolute atomic E-state index is 12.3. The second-order valence-electron chi connectivity index (χ2n) is 3.63. The number of carbonyl (C=O) groups is 1. The Morgan fingerprint density at radius 1 is 1.15 bits per heavy atom. The summed E-state index contributed by atoms with van der Waals surface area (Å²) in [6, 6.07) is 3.37. The lowest BCUT2D eigenvalue weighted by molar-refractivity contribution is -0.272. The molecule has 112 valence electrons. The van der Waals surface area contributed by atoms with Crippen LogP contribution in [-0.4, -0.2) is 18.3 Å². The molecule has 1 N–H and O–H groups in total. The summed E-state index contributed by atoms with van der Waals surface area (Å²) >= 11 is 8.53. The second-order valence-corrected chi connectivity index (χ2v) is 4.90. The normalized spacial score (nSPS) is 12.7. The van der Waals surface area contributed by atoms with Crippen LogP contribution < -0.4 is 5.32 Å². The topological polar surface area (TPSA) is 29.1 Å². The monoisotopic (exact) mass is 383 g/mol. The van der Waals surface area contributed by atoms with Crippen molar-refractivity contribution in [2.24, 2.45) is 5.92 Å². The minimum Gasteiger partial charge on any atom is -0.325 e. The first kappa shape index (κ1) is 17.1. The highest BCUT2D eigenvalue weighted by Gasteiger charge is 2.61. The van der Waals surface area contributed by atoms with Crippen molar-refractivity contribution in [3.05, 3.63) is 27.7 Å². The number of amides is 1. The minimum absolute atomic E-state index is 0.186. The lowest BCUT2D eigenvalue weighted by Crippen LogP contribution is -2.45. The minimum atomic E-state index is -5.73. The lowest BCUT2D eigenvalue weighted by Gasteiger charge is -2.22. The van der Waals surface area contributed by atoms with Crippen molar-refractivity contribution in [1.82, 2.24) is 0 Å². The van der Waals surface area contributed by atoms with E-state index >= 15 is 0 Å².